The van der Waals surface area contributed by atoms with Crippen LogP contribution >= 0.6 is 34.2 Å². The monoisotopic (exact) mass is 881 g/mol. The molecule has 51 heavy (non-hydrogen) atoms. The van der Waals surface area contributed by atoms with Crippen molar-refractivity contribution < 1.29 is 47.2 Å². The number of halogens is 2. The highest BCUT2D eigenvalue weighted by atomic mass is 127. The first kappa shape index (κ1) is 45.3. The summed E-state index contributed by atoms with van der Waals surface area (Å²) in [5, 5.41) is 2.94. The Morgan fingerprint density at radius 2 is 1.69 bits per heavy atom. The molecular formula is C36H57ClINO10Si2. The molecule has 0 aromatic heterocycles. The van der Waals surface area contributed by atoms with Gasteiger partial charge in [0.25, 0.3) is 0 Å². The van der Waals surface area contributed by atoms with E-state index in [1.165, 1.54) is 14.2 Å². The molecule has 0 saturated heterocycles. The molecular weight excluding hydrogens is 825 g/mol. The van der Waals surface area contributed by atoms with E-state index in [-0.39, 0.29) is 42.6 Å². The van der Waals surface area contributed by atoms with E-state index in [0.29, 0.717) is 12.0 Å². The molecule has 0 fully saturated rings. The Bertz CT molecular complexity index is 1410. The van der Waals surface area contributed by atoms with Crippen LogP contribution in [-0.2, 0) is 32.9 Å². The number of rotatable bonds is 18. The summed E-state index contributed by atoms with van der Waals surface area (Å²) in [5.74, 6) is 3.39. The van der Waals surface area contributed by atoms with Gasteiger partial charge < -0.3 is 42.9 Å². The summed E-state index contributed by atoms with van der Waals surface area (Å²) in [6.45, 7) is 18.3. The summed E-state index contributed by atoms with van der Waals surface area (Å²) in [6.07, 6.45) is 0.489. The third-order valence-electron chi connectivity index (χ3n) is 8.27. The zero-order valence-electron chi connectivity index (χ0n) is 32.3. The van der Waals surface area contributed by atoms with E-state index in [0.717, 1.165) is 21.7 Å². The fraction of sp³-hybridized carbons (Fsp3) is 0.667. The standard InChI is InChI=1S/C36H57ClINO10Si2/c1-13-51(14-2,15-3)49-36(22-26(20-30(36)38)45-23-42-7)31(16-17-50(10,11)12)47-33-27(37)18-25(19-29(33)46-24-43-8)28(21-32(40)44-9)39-34(41)48-35(4,5)6/h18-20,26,28,31H,13-15,21-24H2,1-12H3,(H,39,41)/t26-,28+,31-,36-/m1/s1. The van der Waals surface area contributed by atoms with Crippen molar-refractivity contribution in [1.29, 1.82) is 0 Å². The number of carbonyl (C=O) groups excluding carboxylic acids is 2. The molecule has 1 aliphatic carbocycles. The molecule has 1 aromatic rings. The van der Waals surface area contributed by atoms with Crippen molar-refractivity contribution >= 4 is 62.6 Å². The molecule has 0 radical (unpaired) electrons. The maximum Gasteiger partial charge on any atom is 0.408 e. The predicted octanol–water partition coefficient (Wildman–Crippen LogP) is 8.55. The minimum absolute atomic E-state index is 0.123. The van der Waals surface area contributed by atoms with Gasteiger partial charge in [-0.15, -0.1) is 5.54 Å². The van der Waals surface area contributed by atoms with Crippen LogP contribution in [0, 0.1) is 11.5 Å². The van der Waals surface area contributed by atoms with E-state index in [9.17, 15) is 9.59 Å². The van der Waals surface area contributed by atoms with E-state index in [4.69, 9.17) is 49.2 Å². The van der Waals surface area contributed by atoms with Gasteiger partial charge in [0.2, 0.25) is 0 Å². The van der Waals surface area contributed by atoms with Gasteiger partial charge in [-0.1, -0.05) is 57.9 Å². The Morgan fingerprint density at radius 3 is 2.22 bits per heavy atom. The van der Waals surface area contributed by atoms with E-state index < -0.39 is 51.8 Å². The van der Waals surface area contributed by atoms with Gasteiger partial charge in [-0.2, -0.15) is 0 Å². The van der Waals surface area contributed by atoms with Crippen molar-refractivity contribution in [3.05, 3.63) is 32.4 Å². The van der Waals surface area contributed by atoms with Crippen LogP contribution in [0.2, 0.25) is 42.8 Å². The highest BCUT2D eigenvalue weighted by Crippen LogP contribution is 2.49. The summed E-state index contributed by atoms with van der Waals surface area (Å²) in [5.41, 5.74) is 2.24. The number of amides is 1. The molecule has 0 saturated carbocycles. The Morgan fingerprint density at radius 1 is 1.06 bits per heavy atom. The van der Waals surface area contributed by atoms with E-state index in [1.54, 1.807) is 40.0 Å². The van der Waals surface area contributed by atoms with Crippen molar-refractivity contribution in [2.24, 2.45) is 0 Å². The molecule has 0 aliphatic heterocycles. The van der Waals surface area contributed by atoms with Crippen molar-refractivity contribution in [2.75, 3.05) is 34.9 Å². The molecule has 4 atom stereocenters. The number of esters is 1. The number of hydrogen-bond donors (Lipinski definition) is 1. The molecule has 15 heteroatoms. The fourth-order valence-corrected chi connectivity index (χ4v) is 10.5. The molecule has 0 spiro atoms. The van der Waals surface area contributed by atoms with Crippen LogP contribution in [-0.4, -0.2) is 86.8 Å². The van der Waals surface area contributed by atoms with Crippen LogP contribution in [0.1, 0.15) is 66.0 Å². The second kappa shape index (κ2) is 20.0. The Hall–Kier alpha value is -1.85. The lowest BCUT2D eigenvalue weighted by Gasteiger charge is -2.44. The lowest BCUT2D eigenvalue weighted by Crippen LogP contribution is -2.55. The van der Waals surface area contributed by atoms with Gasteiger partial charge in [0.15, 0.2) is 32.7 Å². The zero-order chi connectivity index (χ0) is 38.6. The summed E-state index contributed by atoms with van der Waals surface area (Å²) in [6, 6.07) is 5.14. The summed E-state index contributed by atoms with van der Waals surface area (Å²) < 4.78 is 48.4. The lowest BCUT2D eigenvalue weighted by molar-refractivity contribution is -0.141. The average Bonchev–Trinajstić information content (AvgIpc) is 3.37. The van der Waals surface area contributed by atoms with Crippen LogP contribution in [0.25, 0.3) is 0 Å². The molecule has 1 aliphatic rings. The third-order valence-corrected chi connectivity index (χ3v) is 15.4. The van der Waals surface area contributed by atoms with E-state index >= 15 is 0 Å². The van der Waals surface area contributed by atoms with Gasteiger partial charge in [-0.25, -0.2) is 4.79 Å². The minimum Gasteiger partial charge on any atom is -0.469 e. The van der Waals surface area contributed by atoms with Gasteiger partial charge in [0, 0.05) is 24.2 Å². The molecule has 288 valence electrons. The first-order valence-electron chi connectivity index (χ1n) is 17.2. The quantitative estimate of drug-likeness (QED) is 0.0505. The first-order chi connectivity index (χ1) is 23.8. The average molecular weight is 882 g/mol. The lowest BCUT2D eigenvalue weighted by atomic mass is 9.95. The van der Waals surface area contributed by atoms with Crippen LogP contribution in [0.5, 0.6) is 11.5 Å². The van der Waals surface area contributed by atoms with Crippen molar-refractivity contribution in [3.63, 3.8) is 0 Å². The number of hydrogen-bond acceptors (Lipinski definition) is 10. The number of carbonyl (C=O) groups is 2. The van der Waals surface area contributed by atoms with Crippen molar-refractivity contribution in [3.8, 4) is 23.0 Å². The van der Waals surface area contributed by atoms with Gasteiger partial charge >= 0.3 is 12.1 Å². The molecule has 1 N–H and O–H groups in total. The Kier molecular flexibility index (Phi) is 17.8. The second-order valence-electron chi connectivity index (χ2n) is 14.4. The maximum absolute atomic E-state index is 12.9. The maximum atomic E-state index is 12.9. The Labute approximate surface area is 325 Å². The molecule has 11 nitrogen and oxygen atoms in total. The largest absolute Gasteiger partial charge is 0.469 e. The van der Waals surface area contributed by atoms with Gasteiger partial charge in [-0.05, 0) is 85.3 Å². The SMILES string of the molecule is CC[Si](CC)(CC)O[C@]1([C@@H](C#C[Si](C)(C)C)Oc2c(Cl)cc([C@H](CC(=O)OC)NC(=O)OC(C)(C)C)cc2OCOC)C[C@H](OCOC)C=C1I. The number of nitrogens with one attached hydrogen (secondary N) is 1. The third kappa shape index (κ3) is 13.5. The fourth-order valence-electron chi connectivity index (χ4n) is 5.48. The Balaban J connectivity index is 2.83. The highest BCUT2D eigenvalue weighted by Gasteiger charge is 2.54. The number of alkyl carbamates (subject to hydrolysis) is 1. The number of methoxy groups -OCH3 is 3. The minimum atomic E-state index is -2.29. The normalized spacial score (nSPS) is 18.9. The topological polar surface area (TPSA) is 120 Å². The molecule has 1 amide bonds. The summed E-state index contributed by atoms with van der Waals surface area (Å²) in [4.78, 5) is 25.4. The van der Waals surface area contributed by atoms with Gasteiger partial charge in [-0.3, -0.25) is 4.79 Å². The summed E-state index contributed by atoms with van der Waals surface area (Å²) >= 11 is 9.40. The molecule has 0 unspecified atom stereocenters. The van der Waals surface area contributed by atoms with Crippen LogP contribution in [0.3, 0.4) is 0 Å². The molecule has 0 heterocycles. The molecule has 2 rings (SSSR count). The summed E-state index contributed by atoms with van der Waals surface area (Å²) in [7, 11) is 0.153. The van der Waals surface area contributed by atoms with Crippen molar-refractivity contribution in [1.82, 2.24) is 5.32 Å². The van der Waals surface area contributed by atoms with E-state index in [2.05, 4.69) is 85.9 Å². The number of benzene rings is 1. The number of ether oxygens (including phenoxy) is 7. The van der Waals surface area contributed by atoms with Gasteiger partial charge in [0.05, 0.1) is 30.7 Å². The molecule has 0 bridgehead atoms. The zero-order valence-corrected chi connectivity index (χ0v) is 37.2. The smallest absolute Gasteiger partial charge is 0.408 e. The van der Waals surface area contributed by atoms with Crippen LogP contribution in [0.4, 0.5) is 4.79 Å². The first-order valence-corrected chi connectivity index (χ1v) is 24.7. The second-order valence-corrected chi connectivity index (χ2v) is 25.5. The van der Waals surface area contributed by atoms with Gasteiger partial charge in [0.1, 0.15) is 26.1 Å². The van der Waals surface area contributed by atoms with Crippen LogP contribution < -0.4 is 14.8 Å². The van der Waals surface area contributed by atoms with E-state index in [1.807, 2.05) is 0 Å². The predicted molar refractivity (Wildman–Crippen MR) is 213 cm³/mol. The van der Waals surface area contributed by atoms with Crippen LogP contribution in [0.15, 0.2) is 21.8 Å². The van der Waals surface area contributed by atoms with Crippen molar-refractivity contribution in [2.45, 2.75) is 122 Å². The highest BCUT2D eigenvalue weighted by molar-refractivity contribution is 14.1. The molecule has 1 aromatic carbocycles.